The molecule has 0 aromatic carbocycles. The highest BCUT2D eigenvalue weighted by Crippen LogP contribution is 2.00. The van der Waals surface area contributed by atoms with Crippen molar-refractivity contribution in [1.29, 1.82) is 0 Å². The lowest BCUT2D eigenvalue weighted by atomic mass is 10.1. The van der Waals surface area contributed by atoms with Gasteiger partial charge < -0.3 is 0 Å². The van der Waals surface area contributed by atoms with Gasteiger partial charge in [-0.1, -0.05) is 31.2 Å². The number of hydrogen-bond donors (Lipinski definition) is 0. The van der Waals surface area contributed by atoms with Crippen LogP contribution in [-0.4, -0.2) is 0 Å². The van der Waals surface area contributed by atoms with Crippen LogP contribution in [0.25, 0.3) is 0 Å². The van der Waals surface area contributed by atoms with Crippen molar-refractivity contribution in [3.05, 3.63) is 30.2 Å². The molecular weight excluding hydrogens is 96.1 g/mol. The molecule has 0 aromatic rings. The molecule has 1 radical (unpaired) electrons. The monoisotopic (exact) mass is 109 g/mol. The summed E-state index contributed by atoms with van der Waals surface area (Å²) < 4.78 is 0. The molecule has 0 nitrogen and oxygen atoms in total. The second-order valence-corrected chi connectivity index (χ2v) is 1.74. The van der Waals surface area contributed by atoms with Crippen LogP contribution in [0.5, 0.6) is 0 Å². The van der Waals surface area contributed by atoms with Crippen LogP contribution in [0.1, 0.15) is 20.8 Å². The van der Waals surface area contributed by atoms with Crippen molar-refractivity contribution < 1.29 is 0 Å². The summed E-state index contributed by atoms with van der Waals surface area (Å²) >= 11 is 0. The lowest BCUT2D eigenvalue weighted by Crippen LogP contribution is -1.75. The third kappa shape index (κ3) is 3.66. The van der Waals surface area contributed by atoms with Crippen LogP contribution in [0.3, 0.4) is 0 Å². The molecule has 0 rings (SSSR count). The predicted octanol–water partition coefficient (Wildman–Crippen LogP) is 2.73. The first-order valence-corrected chi connectivity index (χ1v) is 2.90. The number of allylic oxidation sites excluding steroid dienone is 4. The summed E-state index contributed by atoms with van der Waals surface area (Å²) in [5.74, 6) is 1.30. The van der Waals surface area contributed by atoms with Gasteiger partial charge in [0.15, 0.2) is 0 Å². The van der Waals surface area contributed by atoms with Gasteiger partial charge in [0, 0.05) is 5.92 Å². The molecule has 0 bridgehead atoms. The Hall–Kier alpha value is -0.520. The van der Waals surface area contributed by atoms with Gasteiger partial charge in [-0.2, -0.15) is 0 Å². The highest BCUT2D eigenvalue weighted by molar-refractivity contribution is 5.18. The Labute approximate surface area is 51.9 Å². The summed E-state index contributed by atoms with van der Waals surface area (Å²) in [5.41, 5.74) is 0. The average Bonchev–Trinajstić information content (AvgIpc) is 1.68. The molecule has 0 aromatic heterocycles. The molecule has 0 spiro atoms. The first-order valence-electron chi connectivity index (χ1n) is 2.90. The molecule has 0 unspecified atom stereocenters. The second-order valence-electron chi connectivity index (χ2n) is 1.74. The van der Waals surface area contributed by atoms with Crippen molar-refractivity contribution in [2.24, 2.45) is 0 Å². The van der Waals surface area contributed by atoms with Gasteiger partial charge in [-0.3, -0.25) is 0 Å². The van der Waals surface area contributed by atoms with Crippen LogP contribution in [0.2, 0.25) is 0 Å². The summed E-state index contributed by atoms with van der Waals surface area (Å²) in [4.78, 5) is 0. The molecule has 0 saturated carbocycles. The highest BCUT2D eigenvalue weighted by Gasteiger charge is 1.84. The molecule has 0 saturated heterocycles. The van der Waals surface area contributed by atoms with Crippen molar-refractivity contribution in [1.82, 2.24) is 0 Å². The van der Waals surface area contributed by atoms with Gasteiger partial charge in [-0.25, -0.2) is 0 Å². The minimum absolute atomic E-state index is 1.30. The van der Waals surface area contributed by atoms with E-state index in [1.165, 1.54) is 5.92 Å². The normalized spacial score (nSPS) is 12.5. The van der Waals surface area contributed by atoms with Crippen LogP contribution in [0.15, 0.2) is 24.3 Å². The standard InChI is InChI=1S/C8H13/c1-4-6-8(3)7-5-2/h4-7H,1-3H3/b6-4+,7-5+. The summed E-state index contributed by atoms with van der Waals surface area (Å²) in [6.07, 6.45) is 8.24. The van der Waals surface area contributed by atoms with E-state index in [0.29, 0.717) is 0 Å². The van der Waals surface area contributed by atoms with Crippen LogP contribution in [-0.2, 0) is 0 Å². The third-order valence-electron chi connectivity index (χ3n) is 0.859. The molecule has 0 atom stereocenters. The van der Waals surface area contributed by atoms with E-state index in [2.05, 4.69) is 19.1 Å². The Morgan fingerprint density at radius 2 is 1.38 bits per heavy atom. The second kappa shape index (κ2) is 4.63. The van der Waals surface area contributed by atoms with Crippen molar-refractivity contribution in [3.8, 4) is 0 Å². The van der Waals surface area contributed by atoms with E-state index in [1.807, 2.05) is 26.0 Å². The van der Waals surface area contributed by atoms with Gasteiger partial charge in [0.2, 0.25) is 0 Å². The molecule has 0 fully saturated rings. The first kappa shape index (κ1) is 7.48. The molecular formula is C8H13. The minimum Gasteiger partial charge on any atom is -0.0908 e. The van der Waals surface area contributed by atoms with E-state index in [0.717, 1.165) is 0 Å². The zero-order valence-corrected chi connectivity index (χ0v) is 5.81. The zero-order chi connectivity index (χ0) is 6.41. The van der Waals surface area contributed by atoms with Gasteiger partial charge >= 0.3 is 0 Å². The Morgan fingerprint density at radius 3 is 1.62 bits per heavy atom. The molecule has 0 N–H and O–H groups in total. The fourth-order valence-electron chi connectivity index (χ4n) is 0.581. The largest absolute Gasteiger partial charge is 0.0908 e. The van der Waals surface area contributed by atoms with Gasteiger partial charge in [0.25, 0.3) is 0 Å². The maximum atomic E-state index is 2.08. The zero-order valence-electron chi connectivity index (χ0n) is 5.81. The summed E-state index contributed by atoms with van der Waals surface area (Å²) in [6, 6.07) is 0. The Balaban J connectivity index is 3.47. The van der Waals surface area contributed by atoms with Crippen LogP contribution in [0.4, 0.5) is 0 Å². The molecule has 8 heavy (non-hydrogen) atoms. The van der Waals surface area contributed by atoms with Gasteiger partial charge in [0.05, 0.1) is 0 Å². The van der Waals surface area contributed by atoms with Crippen molar-refractivity contribution in [2.45, 2.75) is 20.8 Å². The van der Waals surface area contributed by atoms with Gasteiger partial charge in [0.1, 0.15) is 0 Å². The topological polar surface area (TPSA) is 0 Å². The molecule has 0 aliphatic rings. The van der Waals surface area contributed by atoms with E-state index in [-0.39, 0.29) is 0 Å². The molecule has 0 amide bonds. The number of rotatable bonds is 2. The maximum Gasteiger partial charge on any atom is 0.0156 e. The molecule has 0 heteroatoms. The van der Waals surface area contributed by atoms with Crippen molar-refractivity contribution >= 4 is 0 Å². The minimum atomic E-state index is 1.30. The molecule has 0 heterocycles. The van der Waals surface area contributed by atoms with Crippen LogP contribution < -0.4 is 0 Å². The Morgan fingerprint density at radius 1 is 1.00 bits per heavy atom. The smallest absolute Gasteiger partial charge is 0.0156 e. The summed E-state index contributed by atoms with van der Waals surface area (Å²) in [5, 5.41) is 0. The Bertz CT molecular complexity index is 76.2. The molecule has 45 valence electrons. The van der Waals surface area contributed by atoms with E-state index >= 15 is 0 Å². The fourth-order valence-corrected chi connectivity index (χ4v) is 0.581. The number of hydrogen-bond acceptors (Lipinski definition) is 0. The van der Waals surface area contributed by atoms with Gasteiger partial charge in [-0.05, 0) is 13.8 Å². The van der Waals surface area contributed by atoms with Crippen LogP contribution >= 0.6 is 0 Å². The summed E-state index contributed by atoms with van der Waals surface area (Å²) in [7, 11) is 0. The molecule has 0 aliphatic heterocycles. The SMILES string of the molecule is C/C=C/[C](C)/C=C/C. The summed E-state index contributed by atoms with van der Waals surface area (Å²) in [6.45, 7) is 6.12. The van der Waals surface area contributed by atoms with E-state index in [4.69, 9.17) is 0 Å². The van der Waals surface area contributed by atoms with Gasteiger partial charge in [-0.15, -0.1) is 0 Å². The maximum absolute atomic E-state index is 2.08. The quantitative estimate of drug-likeness (QED) is 0.511. The van der Waals surface area contributed by atoms with E-state index < -0.39 is 0 Å². The van der Waals surface area contributed by atoms with E-state index in [1.54, 1.807) is 0 Å². The predicted molar refractivity (Wildman–Crippen MR) is 38.5 cm³/mol. The lowest BCUT2D eigenvalue weighted by molar-refractivity contribution is 1.31. The lowest BCUT2D eigenvalue weighted by Gasteiger charge is -1.91. The Kier molecular flexibility index (Phi) is 4.33. The third-order valence-corrected chi connectivity index (χ3v) is 0.859. The highest BCUT2D eigenvalue weighted by atomic mass is 13.9. The average molecular weight is 109 g/mol. The van der Waals surface area contributed by atoms with Crippen molar-refractivity contribution in [2.75, 3.05) is 0 Å². The van der Waals surface area contributed by atoms with Crippen LogP contribution in [0, 0.1) is 5.92 Å². The first-order chi connectivity index (χ1) is 3.81. The van der Waals surface area contributed by atoms with E-state index in [9.17, 15) is 0 Å². The fraction of sp³-hybridized carbons (Fsp3) is 0.375. The van der Waals surface area contributed by atoms with Crippen molar-refractivity contribution in [3.63, 3.8) is 0 Å². The molecule has 0 aliphatic carbocycles.